The van der Waals surface area contributed by atoms with Gasteiger partial charge in [-0.2, -0.15) is 0 Å². The summed E-state index contributed by atoms with van der Waals surface area (Å²) < 4.78 is 0. The summed E-state index contributed by atoms with van der Waals surface area (Å²) in [4.78, 5) is 0. The predicted octanol–water partition coefficient (Wildman–Crippen LogP) is 4.05. The quantitative estimate of drug-likeness (QED) is 0.833. The van der Waals surface area contributed by atoms with Crippen LogP contribution in [-0.4, -0.2) is 12.6 Å². The van der Waals surface area contributed by atoms with E-state index in [4.69, 9.17) is 11.6 Å². The van der Waals surface area contributed by atoms with Crippen LogP contribution in [0.1, 0.15) is 38.2 Å². The van der Waals surface area contributed by atoms with Gasteiger partial charge in [0.1, 0.15) is 0 Å². The van der Waals surface area contributed by atoms with Crippen LogP contribution in [0.2, 0.25) is 5.02 Å². The molecule has 1 saturated carbocycles. The largest absolute Gasteiger partial charge is 0.314 e. The lowest BCUT2D eigenvalue weighted by Crippen LogP contribution is -2.37. The molecule has 1 atom stereocenters. The van der Waals surface area contributed by atoms with Gasteiger partial charge < -0.3 is 5.32 Å². The summed E-state index contributed by atoms with van der Waals surface area (Å²) in [5.41, 5.74) is 1.28. The van der Waals surface area contributed by atoms with E-state index in [0.717, 1.165) is 23.9 Å². The molecule has 1 N–H and O–H groups in total. The molecule has 0 bridgehead atoms. The van der Waals surface area contributed by atoms with E-state index in [2.05, 4.69) is 24.4 Å². The van der Waals surface area contributed by atoms with Gasteiger partial charge in [-0.05, 0) is 43.4 Å². The van der Waals surface area contributed by atoms with Crippen LogP contribution in [0, 0.1) is 5.92 Å². The second-order valence-electron chi connectivity index (χ2n) is 5.00. The number of halogens is 1. The maximum atomic E-state index is 6.25. The smallest absolute Gasteiger partial charge is 0.0438 e. The highest BCUT2D eigenvalue weighted by Crippen LogP contribution is 2.30. The molecule has 0 spiro atoms. The van der Waals surface area contributed by atoms with Crippen molar-refractivity contribution in [1.29, 1.82) is 0 Å². The molecule has 0 heterocycles. The standard InChI is InChI=1S/C15H22ClN/c1-2-17-15(12-7-3-4-8-12)11-13-9-5-6-10-14(13)16/h5-6,9-10,12,15,17H,2-4,7-8,11H2,1H3. The van der Waals surface area contributed by atoms with Crippen molar-refractivity contribution in [3.63, 3.8) is 0 Å². The highest BCUT2D eigenvalue weighted by atomic mass is 35.5. The van der Waals surface area contributed by atoms with E-state index in [1.54, 1.807) is 0 Å². The molecule has 94 valence electrons. The van der Waals surface area contributed by atoms with Gasteiger partial charge in [0, 0.05) is 11.1 Å². The monoisotopic (exact) mass is 251 g/mol. The van der Waals surface area contributed by atoms with Crippen LogP contribution in [-0.2, 0) is 6.42 Å². The lowest BCUT2D eigenvalue weighted by Gasteiger charge is -2.24. The van der Waals surface area contributed by atoms with Crippen molar-refractivity contribution < 1.29 is 0 Å². The summed E-state index contributed by atoms with van der Waals surface area (Å²) in [6, 6.07) is 8.83. The van der Waals surface area contributed by atoms with Crippen LogP contribution in [0.5, 0.6) is 0 Å². The van der Waals surface area contributed by atoms with Gasteiger partial charge in [-0.1, -0.05) is 49.6 Å². The first-order valence-corrected chi connectivity index (χ1v) is 7.16. The third-order valence-electron chi connectivity index (χ3n) is 3.83. The molecule has 1 unspecified atom stereocenters. The first-order valence-electron chi connectivity index (χ1n) is 6.78. The number of benzene rings is 1. The van der Waals surface area contributed by atoms with Gasteiger partial charge in [0.2, 0.25) is 0 Å². The molecule has 0 aliphatic heterocycles. The number of hydrogen-bond acceptors (Lipinski definition) is 1. The fourth-order valence-electron chi connectivity index (χ4n) is 2.93. The van der Waals surface area contributed by atoms with E-state index in [1.807, 2.05) is 12.1 Å². The Hall–Kier alpha value is -0.530. The highest BCUT2D eigenvalue weighted by molar-refractivity contribution is 6.31. The lowest BCUT2D eigenvalue weighted by atomic mass is 9.92. The number of likely N-dealkylation sites (N-methyl/N-ethyl adjacent to an activating group) is 1. The molecule has 0 radical (unpaired) electrons. The molecule has 1 nitrogen and oxygen atoms in total. The fraction of sp³-hybridized carbons (Fsp3) is 0.600. The van der Waals surface area contributed by atoms with Crippen molar-refractivity contribution >= 4 is 11.6 Å². The second-order valence-corrected chi connectivity index (χ2v) is 5.41. The summed E-state index contributed by atoms with van der Waals surface area (Å²) >= 11 is 6.25. The summed E-state index contributed by atoms with van der Waals surface area (Å²) in [6.45, 7) is 3.24. The molecular formula is C15H22ClN. The van der Waals surface area contributed by atoms with Gasteiger partial charge in [-0.3, -0.25) is 0 Å². The van der Waals surface area contributed by atoms with Gasteiger partial charge in [-0.25, -0.2) is 0 Å². The van der Waals surface area contributed by atoms with Crippen molar-refractivity contribution in [2.75, 3.05) is 6.54 Å². The Bertz CT molecular complexity index is 345. The third kappa shape index (κ3) is 3.46. The summed E-state index contributed by atoms with van der Waals surface area (Å²) in [5, 5.41) is 4.55. The SMILES string of the molecule is CCNC(Cc1ccccc1Cl)C1CCCC1. The summed E-state index contributed by atoms with van der Waals surface area (Å²) in [5.74, 6) is 0.839. The van der Waals surface area contributed by atoms with Crippen molar-refractivity contribution in [2.24, 2.45) is 5.92 Å². The molecule has 2 heteroatoms. The van der Waals surface area contributed by atoms with Crippen LogP contribution < -0.4 is 5.32 Å². The molecule has 0 saturated heterocycles. The zero-order chi connectivity index (χ0) is 12.1. The lowest BCUT2D eigenvalue weighted by molar-refractivity contribution is 0.362. The van der Waals surface area contributed by atoms with Crippen molar-refractivity contribution in [3.8, 4) is 0 Å². The first-order chi connectivity index (χ1) is 8.31. The summed E-state index contributed by atoms with van der Waals surface area (Å²) in [7, 11) is 0. The molecule has 1 aliphatic rings. The van der Waals surface area contributed by atoms with E-state index in [1.165, 1.54) is 31.2 Å². The third-order valence-corrected chi connectivity index (χ3v) is 4.20. The maximum Gasteiger partial charge on any atom is 0.0438 e. The van der Waals surface area contributed by atoms with Crippen LogP contribution in [0.4, 0.5) is 0 Å². The van der Waals surface area contributed by atoms with Gasteiger partial charge >= 0.3 is 0 Å². The topological polar surface area (TPSA) is 12.0 Å². The van der Waals surface area contributed by atoms with Crippen molar-refractivity contribution in [2.45, 2.75) is 45.1 Å². The Balaban J connectivity index is 2.04. The Kier molecular flexibility index (Phi) is 4.87. The second kappa shape index (κ2) is 6.42. The van der Waals surface area contributed by atoms with Gasteiger partial charge in [0.15, 0.2) is 0 Å². The minimum absolute atomic E-state index is 0.599. The van der Waals surface area contributed by atoms with E-state index >= 15 is 0 Å². The minimum Gasteiger partial charge on any atom is -0.314 e. The highest BCUT2D eigenvalue weighted by Gasteiger charge is 2.24. The average molecular weight is 252 g/mol. The van der Waals surface area contributed by atoms with Crippen LogP contribution >= 0.6 is 11.6 Å². The van der Waals surface area contributed by atoms with Crippen LogP contribution in [0.3, 0.4) is 0 Å². The number of rotatable bonds is 5. The first kappa shape index (κ1) is 12.9. The molecule has 0 aromatic heterocycles. The average Bonchev–Trinajstić information content (AvgIpc) is 2.85. The number of hydrogen-bond donors (Lipinski definition) is 1. The fourth-order valence-corrected chi connectivity index (χ4v) is 3.14. The molecule has 0 amide bonds. The Morgan fingerprint density at radius 3 is 2.65 bits per heavy atom. The van der Waals surface area contributed by atoms with Crippen molar-refractivity contribution in [3.05, 3.63) is 34.9 Å². The van der Waals surface area contributed by atoms with E-state index in [9.17, 15) is 0 Å². The van der Waals surface area contributed by atoms with Crippen LogP contribution in [0.25, 0.3) is 0 Å². The molecule has 1 fully saturated rings. The zero-order valence-electron chi connectivity index (χ0n) is 10.6. The maximum absolute atomic E-state index is 6.25. The van der Waals surface area contributed by atoms with Gasteiger partial charge in [0.25, 0.3) is 0 Å². The molecule has 17 heavy (non-hydrogen) atoms. The van der Waals surface area contributed by atoms with E-state index in [0.29, 0.717) is 6.04 Å². The Morgan fingerprint density at radius 2 is 2.00 bits per heavy atom. The van der Waals surface area contributed by atoms with E-state index < -0.39 is 0 Å². The normalized spacial score (nSPS) is 18.5. The van der Waals surface area contributed by atoms with E-state index in [-0.39, 0.29) is 0 Å². The molecule has 1 aromatic rings. The van der Waals surface area contributed by atoms with Crippen molar-refractivity contribution in [1.82, 2.24) is 5.32 Å². The summed E-state index contributed by atoms with van der Waals surface area (Å²) in [6.07, 6.45) is 6.62. The predicted molar refractivity (Wildman–Crippen MR) is 74.6 cm³/mol. The van der Waals surface area contributed by atoms with Gasteiger partial charge in [-0.15, -0.1) is 0 Å². The zero-order valence-corrected chi connectivity index (χ0v) is 11.3. The molecule has 1 aliphatic carbocycles. The Labute approximate surface area is 110 Å². The molecular weight excluding hydrogens is 230 g/mol. The Morgan fingerprint density at radius 1 is 1.29 bits per heavy atom. The van der Waals surface area contributed by atoms with Crippen LogP contribution in [0.15, 0.2) is 24.3 Å². The molecule has 2 rings (SSSR count). The minimum atomic E-state index is 0.599. The number of nitrogens with one attached hydrogen (secondary N) is 1. The van der Waals surface area contributed by atoms with Gasteiger partial charge in [0.05, 0.1) is 0 Å². The molecule has 1 aromatic carbocycles.